The van der Waals surface area contributed by atoms with E-state index in [2.05, 4.69) is 10.1 Å². The number of imidazole rings is 1. The van der Waals surface area contributed by atoms with Crippen LogP contribution in [0.2, 0.25) is 0 Å². The van der Waals surface area contributed by atoms with Gasteiger partial charge in [0, 0.05) is 13.1 Å². The second-order valence-corrected chi connectivity index (χ2v) is 7.80. The molecule has 0 spiro atoms. The van der Waals surface area contributed by atoms with Crippen molar-refractivity contribution in [2.75, 3.05) is 13.1 Å². The highest BCUT2D eigenvalue weighted by atomic mass is 32.2. The lowest BCUT2D eigenvalue weighted by atomic mass is 10.2. The van der Waals surface area contributed by atoms with Crippen molar-refractivity contribution in [2.45, 2.75) is 38.1 Å². The molecule has 3 rings (SSSR count). The number of aryl methyl sites for hydroxylation is 2. The van der Waals surface area contributed by atoms with Gasteiger partial charge in [-0.15, -0.1) is 0 Å². The SMILES string of the molecule is Cc1nn2c(S(=O)(=O)N3CCCCC3)c(C)nc2s1. The molecular formula is C11H16N4O2S2. The smallest absolute Gasteiger partial charge is 0.221 e. The van der Waals surface area contributed by atoms with E-state index >= 15 is 0 Å². The average Bonchev–Trinajstić information content (AvgIpc) is 2.84. The summed E-state index contributed by atoms with van der Waals surface area (Å²) in [5.74, 6) is 0. The highest BCUT2D eigenvalue weighted by Crippen LogP contribution is 2.26. The first-order valence-electron chi connectivity index (χ1n) is 6.33. The topological polar surface area (TPSA) is 67.6 Å². The Kier molecular flexibility index (Phi) is 3.11. The normalized spacial score (nSPS) is 18.2. The highest BCUT2D eigenvalue weighted by Gasteiger charge is 2.32. The first kappa shape index (κ1) is 13.0. The molecule has 1 fully saturated rings. The Morgan fingerprint density at radius 2 is 1.84 bits per heavy atom. The summed E-state index contributed by atoms with van der Waals surface area (Å²) >= 11 is 1.41. The van der Waals surface area contributed by atoms with Gasteiger partial charge in [0.25, 0.3) is 10.0 Å². The van der Waals surface area contributed by atoms with Crippen molar-refractivity contribution in [3.8, 4) is 0 Å². The third-order valence-electron chi connectivity index (χ3n) is 3.33. The van der Waals surface area contributed by atoms with Crippen LogP contribution in [-0.2, 0) is 10.0 Å². The van der Waals surface area contributed by atoms with Gasteiger partial charge in [-0.2, -0.15) is 13.9 Å². The Hall–Kier alpha value is -0.990. The van der Waals surface area contributed by atoms with Gasteiger partial charge in [-0.05, 0) is 26.7 Å². The summed E-state index contributed by atoms with van der Waals surface area (Å²) in [6.45, 7) is 4.77. The third kappa shape index (κ3) is 2.07. The largest absolute Gasteiger partial charge is 0.262 e. The number of fused-ring (bicyclic) bond motifs is 1. The summed E-state index contributed by atoms with van der Waals surface area (Å²) in [5, 5.41) is 5.31. The van der Waals surface area contributed by atoms with Gasteiger partial charge in [-0.1, -0.05) is 17.8 Å². The lowest BCUT2D eigenvalue weighted by Gasteiger charge is -2.25. The molecule has 1 aliphatic rings. The number of nitrogens with zero attached hydrogens (tertiary/aromatic N) is 4. The van der Waals surface area contributed by atoms with Crippen LogP contribution in [0.15, 0.2) is 5.03 Å². The molecule has 19 heavy (non-hydrogen) atoms. The van der Waals surface area contributed by atoms with Crippen molar-refractivity contribution in [3.05, 3.63) is 10.7 Å². The van der Waals surface area contributed by atoms with Crippen LogP contribution in [0.5, 0.6) is 0 Å². The number of sulfonamides is 1. The van der Waals surface area contributed by atoms with Crippen molar-refractivity contribution in [1.82, 2.24) is 18.9 Å². The fraction of sp³-hybridized carbons (Fsp3) is 0.636. The summed E-state index contributed by atoms with van der Waals surface area (Å²) in [6, 6.07) is 0. The van der Waals surface area contributed by atoms with Crippen molar-refractivity contribution in [2.24, 2.45) is 0 Å². The van der Waals surface area contributed by atoms with Crippen LogP contribution < -0.4 is 0 Å². The average molecular weight is 300 g/mol. The molecule has 0 unspecified atom stereocenters. The molecule has 104 valence electrons. The summed E-state index contributed by atoms with van der Waals surface area (Å²) in [6.07, 6.45) is 2.95. The standard InChI is InChI=1S/C11H16N4O2S2/c1-8-10(15-11(12-8)18-9(2)13-15)19(16,17)14-6-4-3-5-7-14/h3-7H2,1-2H3. The predicted octanol–water partition coefficient (Wildman–Crippen LogP) is 1.58. The van der Waals surface area contributed by atoms with E-state index < -0.39 is 10.0 Å². The fourth-order valence-corrected chi connectivity index (χ4v) is 5.04. The summed E-state index contributed by atoms with van der Waals surface area (Å²) in [5.41, 5.74) is 0.532. The molecule has 0 aromatic carbocycles. The molecule has 1 saturated heterocycles. The molecule has 3 heterocycles. The zero-order valence-corrected chi connectivity index (χ0v) is 12.6. The number of rotatable bonds is 2. The summed E-state index contributed by atoms with van der Waals surface area (Å²) in [4.78, 5) is 4.95. The van der Waals surface area contributed by atoms with Gasteiger partial charge in [0.05, 0.1) is 5.69 Å². The second kappa shape index (κ2) is 4.53. The number of hydrogen-bond donors (Lipinski definition) is 0. The molecule has 1 aliphatic heterocycles. The van der Waals surface area contributed by atoms with E-state index in [1.807, 2.05) is 6.92 Å². The van der Waals surface area contributed by atoms with E-state index in [4.69, 9.17) is 0 Å². The molecule has 0 radical (unpaired) electrons. The molecule has 8 heteroatoms. The van der Waals surface area contributed by atoms with E-state index in [9.17, 15) is 8.42 Å². The van der Waals surface area contributed by atoms with E-state index in [0.717, 1.165) is 24.3 Å². The fourth-order valence-electron chi connectivity index (χ4n) is 2.45. The van der Waals surface area contributed by atoms with Gasteiger partial charge in [-0.3, -0.25) is 0 Å². The minimum atomic E-state index is -3.48. The molecular weight excluding hydrogens is 284 g/mol. The summed E-state index contributed by atoms with van der Waals surface area (Å²) < 4.78 is 28.5. The van der Waals surface area contributed by atoms with Crippen molar-refractivity contribution < 1.29 is 8.42 Å². The van der Waals surface area contributed by atoms with E-state index in [0.29, 0.717) is 23.7 Å². The van der Waals surface area contributed by atoms with Gasteiger partial charge in [0.2, 0.25) is 4.96 Å². The maximum absolute atomic E-state index is 12.7. The molecule has 0 saturated carbocycles. The maximum atomic E-state index is 12.7. The third-order valence-corrected chi connectivity index (χ3v) is 6.15. The van der Waals surface area contributed by atoms with Crippen molar-refractivity contribution in [3.63, 3.8) is 0 Å². The Morgan fingerprint density at radius 1 is 1.16 bits per heavy atom. The van der Waals surface area contributed by atoms with Crippen LogP contribution in [0.25, 0.3) is 4.96 Å². The Bertz CT molecular complexity index is 710. The molecule has 0 N–H and O–H groups in total. The minimum Gasteiger partial charge on any atom is -0.221 e. The van der Waals surface area contributed by atoms with Crippen LogP contribution in [0.3, 0.4) is 0 Å². The molecule has 0 bridgehead atoms. The zero-order valence-electron chi connectivity index (χ0n) is 11.0. The van der Waals surface area contributed by atoms with Crippen LogP contribution in [0.4, 0.5) is 0 Å². The highest BCUT2D eigenvalue weighted by molar-refractivity contribution is 7.89. The quantitative estimate of drug-likeness (QED) is 0.844. The number of piperidine rings is 1. The Balaban J connectivity index is 2.14. The lowest BCUT2D eigenvalue weighted by molar-refractivity contribution is 0.344. The first-order chi connectivity index (χ1) is 9.00. The van der Waals surface area contributed by atoms with Gasteiger partial charge >= 0.3 is 0 Å². The molecule has 2 aromatic heterocycles. The molecule has 0 aliphatic carbocycles. The summed E-state index contributed by atoms with van der Waals surface area (Å²) in [7, 11) is -3.48. The van der Waals surface area contributed by atoms with Crippen molar-refractivity contribution in [1.29, 1.82) is 0 Å². The zero-order chi connectivity index (χ0) is 13.6. The molecule has 0 atom stereocenters. The Labute approximate surface area is 116 Å². The van der Waals surface area contributed by atoms with Gasteiger partial charge in [0.1, 0.15) is 5.01 Å². The molecule has 0 amide bonds. The molecule has 6 nitrogen and oxygen atoms in total. The van der Waals surface area contributed by atoms with Crippen LogP contribution >= 0.6 is 11.3 Å². The molecule has 2 aromatic rings. The van der Waals surface area contributed by atoms with Crippen LogP contribution in [-0.4, -0.2) is 40.4 Å². The van der Waals surface area contributed by atoms with Gasteiger partial charge in [0.15, 0.2) is 5.03 Å². The van der Waals surface area contributed by atoms with Crippen LogP contribution in [0, 0.1) is 13.8 Å². The maximum Gasteiger partial charge on any atom is 0.262 e. The van der Waals surface area contributed by atoms with Crippen LogP contribution in [0.1, 0.15) is 30.0 Å². The number of hydrogen-bond acceptors (Lipinski definition) is 5. The van der Waals surface area contributed by atoms with Gasteiger partial charge < -0.3 is 0 Å². The first-order valence-corrected chi connectivity index (χ1v) is 8.59. The van der Waals surface area contributed by atoms with Crippen molar-refractivity contribution >= 4 is 26.3 Å². The predicted molar refractivity (Wildman–Crippen MR) is 72.9 cm³/mol. The second-order valence-electron chi connectivity index (χ2n) is 4.78. The van der Waals surface area contributed by atoms with E-state index in [1.165, 1.54) is 15.9 Å². The van der Waals surface area contributed by atoms with E-state index in [-0.39, 0.29) is 5.03 Å². The van der Waals surface area contributed by atoms with Gasteiger partial charge in [-0.25, -0.2) is 13.4 Å². The Morgan fingerprint density at radius 3 is 2.53 bits per heavy atom. The number of aromatic nitrogens is 3. The lowest BCUT2D eigenvalue weighted by Crippen LogP contribution is -2.36. The van der Waals surface area contributed by atoms with E-state index in [1.54, 1.807) is 11.2 Å². The monoisotopic (exact) mass is 300 g/mol. The minimum absolute atomic E-state index is 0.230.